The van der Waals surface area contributed by atoms with Crippen LogP contribution < -0.4 is 70.6 Å². The van der Waals surface area contributed by atoms with Crippen LogP contribution in [0.3, 0.4) is 0 Å². The molecule has 0 aliphatic carbocycles. The van der Waals surface area contributed by atoms with E-state index >= 15 is 0 Å². The Labute approximate surface area is 595 Å². The zero-order valence-electron chi connectivity index (χ0n) is 57.8. The standard InChI is InChI=1S/C59H84N18O14.C6H8O7/c1-31(2)22-40(49(82)68-39(12-8-20-64-57(60)61)56(89)77-21-9-13-46(77)55(88)75-76-58(62)90)69-54(87)45(29-91-59(3,4)5)74-50(83)41(23-32-14-16-35(79)17-15-32)70-53(86)44(28-78)73-51(84)42(24-33-26-65-37-11-7-6-10-36(33)37)71-52(85)43(25-34-27-63-30-66-34)72-48(81)38-18-19-47(80)67-38;7-3(8)1-6(13,5(11)12)2-4(9)10/h6-7,10-11,14-17,26-27,30-31,34,38-46,65,78-79H,8-9,12-13,18-25,28-29H2,1-5H3,(H,67,80)(H,68,82)(H,69,87)(H,70,86)(H,71,85)(H,72,81)(H,73,84)(H,74,83)(H,75,88)(H4,60,61,64)(H3,62,76,90);13H,1-2H2,(H,7,8)(H,9,10)(H,11,12). The fourth-order valence-electron chi connectivity index (χ4n) is 11.0. The Bertz CT molecular complexity index is 3660. The number of para-hydroxylation sites is 1. The third-order valence-electron chi connectivity index (χ3n) is 16.2. The number of nitrogens with zero attached hydrogens (tertiary/aromatic N) is 4. The number of carbonyl (C=O) groups is 14. The highest BCUT2D eigenvalue weighted by atomic mass is 16.5. The average Bonchev–Trinajstić information content (AvgIpc) is 1.63. The van der Waals surface area contributed by atoms with E-state index in [2.05, 4.69) is 67.9 Å². The van der Waals surface area contributed by atoms with Crippen molar-refractivity contribution in [3.05, 3.63) is 65.9 Å². The molecule has 23 N–H and O–H groups in total. The van der Waals surface area contributed by atoms with Gasteiger partial charge in [0.2, 0.25) is 53.2 Å². The van der Waals surface area contributed by atoms with Crippen molar-refractivity contribution >= 4 is 112 Å². The molecule has 0 saturated carbocycles. The number of hydrogen-bond donors (Lipinski definition) is 20. The number of benzene rings is 2. The van der Waals surface area contributed by atoms with Crippen molar-refractivity contribution in [2.45, 2.75) is 183 Å². The molecule has 2 fully saturated rings. The maximum Gasteiger partial charge on any atom is 0.336 e. The number of ether oxygens (including phenoxy) is 1. The first kappa shape index (κ1) is 83.3. The van der Waals surface area contributed by atoms with Gasteiger partial charge in [0.15, 0.2) is 11.6 Å². The van der Waals surface area contributed by atoms with E-state index in [0.29, 0.717) is 28.5 Å². The number of hydrogen-bond acceptors (Lipinski definition) is 21. The molecule has 10 unspecified atom stereocenters. The van der Waals surface area contributed by atoms with E-state index in [1.54, 1.807) is 65.1 Å². The van der Waals surface area contributed by atoms with Gasteiger partial charge in [-0.05, 0) is 94.5 Å². The number of H-pyrrole nitrogens is 1. The molecule has 4 heterocycles. The molecule has 10 atom stereocenters. The van der Waals surface area contributed by atoms with Gasteiger partial charge in [0.1, 0.15) is 66.5 Å². The normalized spacial score (nSPS) is 17.4. The minimum atomic E-state index is -2.74. The van der Waals surface area contributed by atoms with Crippen LogP contribution in [0.5, 0.6) is 5.75 Å². The Morgan fingerprint density at radius 2 is 1.29 bits per heavy atom. The van der Waals surface area contributed by atoms with Gasteiger partial charge >= 0.3 is 23.9 Å². The summed E-state index contributed by atoms with van der Waals surface area (Å²) in [5, 5.41) is 76.6. The second-order valence-corrected chi connectivity index (χ2v) is 26.2. The summed E-state index contributed by atoms with van der Waals surface area (Å²) in [5.74, 6) is -13.6. The van der Waals surface area contributed by atoms with Crippen molar-refractivity contribution in [1.82, 2.24) is 63.3 Å². The van der Waals surface area contributed by atoms with Crippen molar-refractivity contribution in [3.8, 4) is 5.75 Å². The number of fused-ring (bicyclic) bond motifs is 1. The first-order chi connectivity index (χ1) is 48.9. The maximum atomic E-state index is 14.8. The average molecular weight is 1460 g/mol. The number of aromatic amines is 1. The van der Waals surface area contributed by atoms with Gasteiger partial charge in [0, 0.05) is 62.1 Å². The van der Waals surface area contributed by atoms with Crippen LogP contribution in [0.25, 0.3) is 10.9 Å². The number of carboxylic acids is 3. The number of aliphatic hydroxyl groups is 2. The number of carbonyl (C=O) groups excluding carboxylic acids is 11. The lowest BCUT2D eigenvalue weighted by Gasteiger charge is -2.31. The third-order valence-corrected chi connectivity index (χ3v) is 16.2. The number of guanidine groups is 1. The van der Waals surface area contributed by atoms with Crippen LogP contribution in [0.2, 0.25) is 0 Å². The number of hydrazine groups is 1. The number of nitrogens with two attached hydrogens (primary N) is 3. The third kappa shape index (κ3) is 26.9. The number of carboxylic acid groups (broad SMARTS) is 3. The molecule has 0 bridgehead atoms. The van der Waals surface area contributed by atoms with Gasteiger partial charge in [-0.2, -0.15) is 0 Å². The number of urea groups is 1. The van der Waals surface area contributed by atoms with Crippen LogP contribution >= 0.6 is 0 Å². The zero-order chi connectivity index (χ0) is 77.2. The lowest BCUT2D eigenvalue weighted by atomic mass is 9.96. The number of phenolic OH excluding ortho intramolecular Hbond substituents is 1. The SMILES string of the molecule is CC(C)CC(NC(=O)C(COC(C)(C)C)NC(=O)C(Cc1ccc(O)cc1)NC(=O)C(CO)NC(=O)C(Cc1c[nH]c2ccccc12)NC(=O)C(CC1C=NC=N1)NC(=O)C1CCC(=O)N1)C(=O)NC(CCCN=C(N)N)C(=O)N1CCCC1C(=O)NNC(N)=O.O=C(O)CC(O)(CC(=O)O)C(=O)O. The van der Waals surface area contributed by atoms with Gasteiger partial charge in [0.05, 0.1) is 37.7 Å². The van der Waals surface area contributed by atoms with Crippen molar-refractivity contribution < 1.29 is 102 Å². The number of aliphatic hydroxyl groups excluding tert-OH is 1. The Hall–Kier alpha value is -11.3. The van der Waals surface area contributed by atoms with Gasteiger partial charge in [-0.1, -0.05) is 44.2 Å². The van der Waals surface area contributed by atoms with Crippen molar-refractivity contribution in [1.29, 1.82) is 0 Å². The number of aliphatic carboxylic acids is 3. The van der Waals surface area contributed by atoms with Crippen LogP contribution in [0.1, 0.15) is 110 Å². The molecule has 2 aromatic carbocycles. The molecule has 39 nitrogen and oxygen atoms in total. The molecule has 2 saturated heterocycles. The second kappa shape index (κ2) is 39.2. The van der Waals surface area contributed by atoms with E-state index in [-0.39, 0.29) is 94.4 Å². The van der Waals surface area contributed by atoms with E-state index < -0.39 is 175 Å². The van der Waals surface area contributed by atoms with Gasteiger partial charge < -0.3 is 105 Å². The van der Waals surface area contributed by atoms with E-state index in [1.807, 2.05) is 5.43 Å². The van der Waals surface area contributed by atoms with E-state index in [1.165, 1.54) is 41.7 Å². The van der Waals surface area contributed by atoms with E-state index in [0.717, 1.165) is 0 Å². The zero-order valence-corrected chi connectivity index (χ0v) is 57.8. The largest absolute Gasteiger partial charge is 0.508 e. The van der Waals surface area contributed by atoms with Gasteiger partial charge in [-0.15, -0.1) is 0 Å². The van der Waals surface area contributed by atoms with E-state index in [4.69, 9.17) is 42.4 Å². The van der Waals surface area contributed by atoms with Crippen LogP contribution in [0.4, 0.5) is 4.79 Å². The molecule has 3 aromatic rings. The number of rotatable bonds is 36. The van der Waals surface area contributed by atoms with Gasteiger partial charge in [-0.3, -0.25) is 72.9 Å². The molecule has 39 heteroatoms. The molecule has 12 amide bonds. The molecular weight excluding hydrogens is 1370 g/mol. The number of nitrogens with one attached hydrogen (secondary N) is 11. The number of aliphatic imine (C=N–C) groups is 3. The molecule has 104 heavy (non-hydrogen) atoms. The number of aromatic hydroxyl groups is 1. The lowest BCUT2D eigenvalue weighted by Crippen LogP contribution is -2.62. The quantitative estimate of drug-likeness (QED) is 0.0113. The maximum absolute atomic E-state index is 14.8. The summed E-state index contributed by atoms with van der Waals surface area (Å²) in [5.41, 5.74) is 18.4. The highest BCUT2D eigenvalue weighted by Crippen LogP contribution is 2.23. The summed E-state index contributed by atoms with van der Waals surface area (Å²) in [6.45, 7) is 7.28. The number of phenols is 1. The lowest BCUT2D eigenvalue weighted by molar-refractivity contribution is -0.170. The highest BCUT2D eigenvalue weighted by molar-refractivity contribution is 6.00. The molecule has 0 radical (unpaired) electrons. The topological polar surface area (TPSA) is 624 Å². The molecule has 3 aliphatic rings. The van der Waals surface area contributed by atoms with Crippen LogP contribution in [-0.4, -0.2) is 240 Å². The van der Waals surface area contributed by atoms with Crippen molar-refractivity contribution in [2.24, 2.45) is 38.1 Å². The van der Waals surface area contributed by atoms with Crippen LogP contribution in [-0.2, 0) is 79.9 Å². The Morgan fingerprint density at radius 1 is 0.712 bits per heavy atom. The summed E-state index contributed by atoms with van der Waals surface area (Å²) in [7, 11) is 0. The molecule has 3 aliphatic heterocycles. The predicted octanol–water partition coefficient (Wildman–Crippen LogP) is -4.45. The molecule has 6 rings (SSSR count). The van der Waals surface area contributed by atoms with Gasteiger partial charge in [-0.25, -0.2) is 20.0 Å². The first-order valence-electron chi connectivity index (χ1n) is 33.1. The summed E-state index contributed by atoms with van der Waals surface area (Å²) >= 11 is 0. The minimum absolute atomic E-state index is 0.00420. The Morgan fingerprint density at radius 3 is 1.86 bits per heavy atom. The summed E-state index contributed by atoms with van der Waals surface area (Å²) in [6, 6.07) is -1.36. The predicted molar refractivity (Wildman–Crippen MR) is 369 cm³/mol. The number of likely N-dealkylation sites (tertiary alicyclic amines) is 1. The van der Waals surface area contributed by atoms with E-state index in [9.17, 15) is 77.3 Å². The molecule has 0 spiro atoms. The highest BCUT2D eigenvalue weighted by Gasteiger charge is 2.43. The number of aromatic nitrogens is 1. The number of amides is 12. The Kier molecular flexibility index (Phi) is 31.4. The van der Waals surface area contributed by atoms with Crippen molar-refractivity contribution in [3.63, 3.8) is 0 Å². The second-order valence-electron chi connectivity index (χ2n) is 26.2. The smallest absolute Gasteiger partial charge is 0.336 e. The molecule has 568 valence electrons. The molecule has 1 aromatic heterocycles. The summed E-state index contributed by atoms with van der Waals surface area (Å²) in [4.78, 5) is 199. The first-order valence-corrected chi connectivity index (χ1v) is 33.1. The monoisotopic (exact) mass is 1460 g/mol. The Balaban J connectivity index is 0.00000135. The van der Waals surface area contributed by atoms with Gasteiger partial charge in [0.25, 0.3) is 5.91 Å². The van der Waals surface area contributed by atoms with Crippen molar-refractivity contribution in [2.75, 3.05) is 26.3 Å². The fourth-order valence-corrected chi connectivity index (χ4v) is 11.0. The number of primary amides is 1. The van der Waals surface area contributed by atoms with Crippen LogP contribution in [0, 0.1) is 5.92 Å². The molecular formula is C65H92N18O21. The fraction of sp³-hybridized carbons (Fsp3) is 0.523. The van der Waals surface area contributed by atoms with Crippen LogP contribution in [0.15, 0.2) is 69.7 Å². The summed E-state index contributed by atoms with van der Waals surface area (Å²) < 4.78 is 6.02. The summed E-state index contributed by atoms with van der Waals surface area (Å²) in [6.07, 6.45) is 2.58. The minimum Gasteiger partial charge on any atom is -0.508 e.